The second-order valence-corrected chi connectivity index (χ2v) is 10.8. The Kier molecular flexibility index (Phi) is 8.54. The van der Waals surface area contributed by atoms with Gasteiger partial charge in [-0.05, 0) is 57.3 Å². The van der Waals surface area contributed by atoms with E-state index in [0.29, 0.717) is 86.0 Å². The zero-order valence-corrected chi connectivity index (χ0v) is 23.9. The van der Waals surface area contributed by atoms with Crippen LogP contribution >= 0.6 is 0 Å². The normalized spacial score (nSPS) is 17.2. The molecule has 3 aromatic rings. The Morgan fingerprint density at radius 2 is 1.86 bits per heavy atom. The quantitative estimate of drug-likeness (QED) is 0.217. The first-order valence-corrected chi connectivity index (χ1v) is 14.2. The van der Waals surface area contributed by atoms with Crippen molar-refractivity contribution in [1.82, 2.24) is 25.3 Å². The van der Waals surface area contributed by atoms with Gasteiger partial charge in [0.05, 0.1) is 29.0 Å². The molecule has 0 unspecified atom stereocenters. The number of hydrogen-bond donors (Lipinski definition) is 6. The van der Waals surface area contributed by atoms with E-state index in [1.165, 1.54) is 12.3 Å². The summed E-state index contributed by atoms with van der Waals surface area (Å²) in [5.41, 5.74) is 12.5. The summed E-state index contributed by atoms with van der Waals surface area (Å²) in [5, 5.41) is 8.89. The Balaban J connectivity index is 1.33. The molecular formula is C28H38FN11O2. The number of nitrogens with zero attached hydrogens (tertiary/aromatic N) is 5. The number of amides is 2. The number of halogens is 1. The van der Waals surface area contributed by atoms with Crippen molar-refractivity contribution in [1.29, 1.82) is 0 Å². The first-order chi connectivity index (χ1) is 20.3. The summed E-state index contributed by atoms with van der Waals surface area (Å²) in [4.78, 5) is 45.7. The summed E-state index contributed by atoms with van der Waals surface area (Å²) in [6.45, 7) is 3.08. The Labute approximate surface area is 243 Å². The van der Waals surface area contributed by atoms with Gasteiger partial charge >= 0.3 is 0 Å². The summed E-state index contributed by atoms with van der Waals surface area (Å²) < 4.78 is 15.0. The minimum absolute atomic E-state index is 0.0615. The highest BCUT2D eigenvalue weighted by Gasteiger charge is 2.39. The molecule has 2 aromatic heterocycles. The van der Waals surface area contributed by atoms with Gasteiger partial charge in [0.15, 0.2) is 5.82 Å². The molecule has 8 N–H and O–H groups in total. The Bertz CT molecular complexity index is 1430. The number of primary amides is 1. The van der Waals surface area contributed by atoms with Crippen LogP contribution in [-0.4, -0.2) is 84.1 Å². The maximum Gasteiger partial charge on any atom is 0.291 e. The number of para-hydroxylation sites is 1. The van der Waals surface area contributed by atoms with Gasteiger partial charge in [0.1, 0.15) is 17.2 Å². The van der Waals surface area contributed by atoms with Crippen molar-refractivity contribution >= 4 is 35.0 Å². The summed E-state index contributed by atoms with van der Waals surface area (Å²) in [7, 11) is 3.47. The van der Waals surface area contributed by atoms with Crippen LogP contribution in [0.3, 0.4) is 0 Å². The number of aromatic nitrogens is 4. The van der Waals surface area contributed by atoms with Crippen LogP contribution in [-0.2, 0) is 4.79 Å². The van der Waals surface area contributed by atoms with Crippen LogP contribution in [0.25, 0.3) is 11.4 Å². The van der Waals surface area contributed by atoms with E-state index in [4.69, 9.17) is 11.5 Å². The number of carbonyl (C=O) groups is 2. The molecule has 13 nitrogen and oxygen atoms in total. The van der Waals surface area contributed by atoms with Gasteiger partial charge < -0.3 is 42.2 Å². The second-order valence-electron chi connectivity index (χ2n) is 10.8. The summed E-state index contributed by atoms with van der Waals surface area (Å²) in [6, 6.07) is 6.46. The average molecular weight is 580 g/mol. The number of nitrogens with one attached hydrogen (secondary N) is 4. The lowest BCUT2D eigenvalue weighted by atomic mass is 9.87. The highest BCUT2D eigenvalue weighted by Crippen LogP contribution is 2.33. The number of piperidine rings is 2. The van der Waals surface area contributed by atoms with Gasteiger partial charge in [0, 0.05) is 39.3 Å². The molecule has 4 heterocycles. The molecule has 1 aromatic carbocycles. The third-order valence-corrected chi connectivity index (χ3v) is 8.39. The Morgan fingerprint density at radius 3 is 2.50 bits per heavy atom. The molecule has 0 saturated carbocycles. The van der Waals surface area contributed by atoms with Crippen LogP contribution in [0.1, 0.15) is 36.3 Å². The molecule has 2 amide bonds. The van der Waals surface area contributed by atoms with E-state index >= 15 is 0 Å². The van der Waals surface area contributed by atoms with Gasteiger partial charge in [0.2, 0.25) is 11.9 Å². The fraction of sp³-hybridized carbons (Fsp3) is 0.464. The van der Waals surface area contributed by atoms with Crippen molar-refractivity contribution in [3.8, 4) is 11.4 Å². The van der Waals surface area contributed by atoms with E-state index in [1.807, 2.05) is 11.0 Å². The molecule has 2 aliphatic heterocycles. The van der Waals surface area contributed by atoms with Crippen LogP contribution in [0.2, 0.25) is 0 Å². The minimum Gasteiger partial charge on any atom is -0.368 e. The van der Waals surface area contributed by atoms with Crippen LogP contribution in [0, 0.1) is 11.7 Å². The fourth-order valence-electron chi connectivity index (χ4n) is 5.66. The molecule has 14 heteroatoms. The SMILES string of the molecule is CNc1nc(-c2cnc(C(=O)Nc3cccc(F)c3N3CCC(CN)CC3)[nH]2)cc(N2CCC(NC)(C(N)=O)CC2)n1. The van der Waals surface area contributed by atoms with Crippen molar-refractivity contribution in [2.24, 2.45) is 17.4 Å². The van der Waals surface area contributed by atoms with Crippen molar-refractivity contribution in [2.75, 3.05) is 67.3 Å². The molecule has 5 rings (SSSR count). The number of imidazole rings is 1. The van der Waals surface area contributed by atoms with Crippen molar-refractivity contribution < 1.29 is 14.0 Å². The maximum atomic E-state index is 15.0. The molecular weight excluding hydrogens is 541 g/mol. The van der Waals surface area contributed by atoms with E-state index in [2.05, 4.69) is 40.8 Å². The minimum atomic E-state index is -0.744. The van der Waals surface area contributed by atoms with Crippen LogP contribution in [0.4, 0.5) is 27.5 Å². The van der Waals surface area contributed by atoms with Crippen molar-refractivity contribution in [3.63, 3.8) is 0 Å². The largest absolute Gasteiger partial charge is 0.368 e. The summed E-state index contributed by atoms with van der Waals surface area (Å²) in [5.74, 6) is 0.283. The summed E-state index contributed by atoms with van der Waals surface area (Å²) in [6.07, 6.45) is 4.34. The molecule has 0 atom stereocenters. The number of likely N-dealkylation sites (N-methyl/N-ethyl adjacent to an activating group) is 1. The van der Waals surface area contributed by atoms with Gasteiger partial charge in [-0.15, -0.1) is 0 Å². The lowest BCUT2D eigenvalue weighted by Gasteiger charge is -2.40. The van der Waals surface area contributed by atoms with Crippen molar-refractivity contribution in [2.45, 2.75) is 31.2 Å². The van der Waals surface area contributed by atoms with Crippen LogP contribution < -0.4 is 37.2 Å². The van der Waals surface area contributed by atoms with Gasteiger partial charge in [-0.2, -0.15) is 4.98 Å². The number of H-pyrrole nitrogens is 1. The second kappa shape index (κ2) is 12.3. The highest BCUT2D eigenvalue weighted by molar-refractivity contribution is 6.04. The van der Waals surface area contributed by atoms with Crippen molar-refractivity contribution in [3.05, 3.63) is 42.1 Å². The molecule has 0 radical (unpaired) electrons. The predicted molar refractivity (Wildman–Crippen MR) is 160 cm³/mol. The first-order valence-electron chi connectivity index (χ1n) is 14.2. The van der Waals surface area contributed by atoms with E-state index in [9.17, 15) is 14.0 Å². The molecule has 224 valence electrons. The zero-order chi connectivity index (χ0) is 29.9. The lowest BCUT2D eigenvalue weighted by Crippen LogP contribution is -2.59. The number of aromatic amines is 1. The highest BCUT2D eigenvalue weighted by atomic mass is 19.1. The molecule has 0 spiro atoms. The van der Waals surface area contributed by atoms with Gasteiger partial charge in [-0.1, -0.05) is 6.07 Å². The number of benzene rings is 1. The third kappa shape index (κ3) is 5.85. The summed E-state index contributed by atoms with van der Waals surface area (Å²) >= 11 is 0. The van der Waals surface area contributed by atoms with Crippen LogP contribution in [0.5, 0.6) is 0 Å². The number of rotatable bonds is 9. The maximum absolute atomic E-state index is 15.0. The molecule has 2 fully saturated rings. The van der Waals surface area contributed by atoms with E-state index in [0.717, 1.165) is 12.8 Å². The average Bonchev–Trinajstić information content (AvgIpc) is 3.52. The van der Waals surface area contributed by atoms with E-state index in [1.54, 1.807) is 26.2 Å². The lowest BCUT2D eigenvalue weighted by molar-refractivity contribution is -0.125. The third-order valence-electron chi connectivity index (χ3n) is 8.39. The molecule has 0 aliphatic carbocycles. The molecule has 42 heavy (non-hydrogen) atoms. The molecule has 0 bridgehead atoms. The first kappa shape index (κ1) is 29.2. The molecule has 2 aliphatic rings. The number of carbonyl (C=O) groups excluding carboxylic acids is 2. The monoisotopic (exact) mass is 579 g/mol. The Morgan fingerprint density at radius 1 is 1.12 bits per heavy atom. The molecule has 2 saturated heterocycles. The van der Waals surface area contributed by atoms with E-state index < -0.39 is 17.3 Å². The van der Waals surface area contributed by atoms with Gasteiger partial charge in [-0.3, -0.25) is 9.59 Å². The number of anilines is 4. The zero-order valence-electron chi connectivity index (χ0n) is 23.9. The van der Waals surface area contributed by atoms with Gasteiger partial charge in [-0.25, -0.2) is 14.4 Å². The van der Waals surface area contributed by atoms with Crippen LogP contribution in [0.15, 0.2) is 30.5 Å². The van der Waals surface area contributed by atoms with E-state index in [-0.39, 0.29) is 11.7 Å². The predicted octanol–water partition coefficient (Wildman–Crippen LogP) is 1.52. The topological polar surface area (TPSA) is 183 Å². The smallest absolute Gasteiger partial charge is 0.291 e. The van der Waals surface area contributed by atoms with Gasteiger partial charge in [0.25, 0.3) is 5.91 Å². The Hall–Kier alpha value is -4.30. The number of nitrogens with two attached hydrogens (primary N) is 2. The number of hydrogen-bond acceptors (Lipinski definition) is 10. The fourth-order valence-corrected chi connectivity index (χ4v) is 5.66. The standard InChI is InChI=1S/C28H38FN11O2/c1-32-27-37-20(14-22(38-27)39-12-8-28(33-2,9-13-39)26(31)42)21-16-34-24(35-21)25(41)36-19-5-3-4-18(29)23(19)40-10-6-17(15-30)7-11-40/h3-5,14,16-17,33H,6-13,15,30H2,1-2H3,(H2,31,42)(H,34,35)(H,36,41)(H,32,37,38).